The Kier molecular flexibility index (Phi) is 6.81. The number of hydrogen-bond donors (Lipinski definition) is 4. The van der Waals surface area contributed by atoms with Gasteiger partial charge in [0.2, 0.25) is 5.91 Å². The first kappa shape index (κ1) is 21.2. The number of fused-ring (bicyclic) bond motifs is 1. The lowest BCUT2D eigenvalue weighted by molar-refractivity contribution is -0.138. The zero-order valence-electron chi connectivity index (χ0n) is 14.0. The number of anilines is 2. The molecular weight excluding hydrogens is 413 g/mol. The molecule has 9 heteroatoms. The number of nitrogens with one attached hydrogen (secondary N) is 2. The largest absolute Gasteiger partial charge is 0.480 e. The maximum absolute atomic E-state index is 12.5. The van der Waals surface area contributed by atoms with E-state index in [0.29, 0.717) is 27.0 Å². The van der Waals surface area contributed by atoms with Crippen LogP contribution in [-0.4, -0.2) is 23.0 Å². The topological polar surface area (TPSA) is 104 Å². The van der Waals surface area contributed by atoms with Gasteiger partial charge in [-0.2, -0.15) is 0 Å². The summed E-state index contributed by atoms with van der Waals surface area (Å²) in [5.41, 5.74) is 8.22. The van der Waals surface area contributed by atoms with E-state index in [1.165, 1.54) is 0 Å². The molecule has 2 aromatic carbocycles. The van der Waals surface area contributed by atoms with Gasteiger partial charge in [-0.15, -0.1) is 12.4 Å². The van der Waals surface area contributed by atoms with E-state index in [2.05, 4.69) is 10.6 Å². The van der Waals surface area contributed by atoms with Gasteiger partial charge in [-0.05, 0) is 29.8 Å². The number of nitrogens with two attached hydrogens (primary N) is 1. The van der Waals surface area contributed by atoms with Gasteiger partial charge in [-0.3, -0.25) is 4.79 Å². The van der Waals surface area contributed by atoms with Crippen molar-refractivity contribution in [3.05, 3.63) is 57.6 Å². The van der Waals surface area contributed by atoms with Crippen LogP contribution in [0.15, 0.2) is 36.4 Å². The normalized spacial score (nSPS) is 17.9. The van der Waals surface area contributed by atoms with Gasteiger partial charge in [0.1, 0.15) is 6.04 Å². The van der Waals surface area contributed by atoms with Crippen LogP contribution >= 0.6 is 35.6 Å². The zero-order chi connectivity index (χ0) is 18.8. The second-order valence-corrected chi connectivity index (χ2v) is 7.00. The fourth-order valence-electron chi connectivity index (χ4n) is 3.02. The summed E-state index contributed by atoms with van der Waals surface area (Å²) in [6, 6.07) is 8.80. The minimum absolute atomic E-state index is 0. The van der Waals surface area contributed by atoms with Crippen molar-refractivity contribution in [1.29, 1.82) is 0 Å². The first-order valence-corrected chi connectivity index (χ1v) is 8.71. The molecule has 0 aromatic heterocycles. The highest BCUT2D eigenvalue weighted by Gasteiger charge is 2.33. The van der Waals surface area contributed by atoms with Crippen LogP contribution in [0.1, 0.15) is 23.6 Å². The highest BCUT2D eigenvalue weighted by molar-refractivity contribution is 6.35. The van der Waals surface area contributed by atoms with Gasteiger partial charge in [-0.1, -0.05) is 35.3 Å². The molecule has 27 heavy (non-hydrogen) atoms. The number of carboxylic acid groups (broad SMARTS) is 1. The van der Waals surface area contributed by atoms with Crippen LogP contribution in [0.5, 0.6) is 0 Å². The van der Waals surface area contributed by atoms with Crippen molar-refractivity contribution in [2.45, 2.75) is 24.9 Å². The van der Waals surface area contributed by atoms with Crippen molar-refractivity contribution < 1.29 is 14.7 Å². The van der Waals surface area contributed by atoms with E-state index in [-0.39, 0.29) is 31.2 Å². The molecule has 0 saturated carbocycles. The van der Waals surface area contributed by atoms with Crippen LogP contribution in [0.3, 0.4) is 0 Å². The number of amides is 1. The number of carboxylic acids is 1. The minimum Gasteiger partial charge on any atom is -0.480 e. The molecule has 0 bridgehead atoms. The van der Waals surface area contributed by atoms with Gasteiger partial charge in [0, 0.05) is 33.4 Å². The summed E-state index contributed by atoms with van der Waals surface area (Å²) in [6.07, 6.45) is 0.333. The second-order valence-electron chi connectivity index (χ2n) is 6.16. The lowest BCUT2D eigenvalue weighted by Crippen LogP contribution is -2.41. The van der Waals surface area contributed by atoms with Crippen molar-refractivity contribution in [3.8, 4) is 0 Å². The van der Waals surface area contributed by atoms with Crippen LogP contribution in [-0.2, 0) is 16.0 Å². The lowest BCUT2D eigenvalue weighted by Gasteiger charge is -2.32. The van der Waals surface area contributed by atoms with Gasteiger partial charge >= 0.3 is 5.97 Å². The quantitative estimate of drug-likeness (QED) is 0.554. The van der Waals surface area contributed by atoms with Crippen molar-refractivity contribution in [3.63, 3.8) is 0 Å². The summed E-state index contributed by atoms with van der Waals surface area (Å²) in [5.74, 6) is -1.24. The molecule has 0 unspecified atom stereocenters. The Hall–Kier alpha value is -2.15. The fourth-order valence-corrected chi connectivity index (χ4v) is 3.64. The zero-order valence-corrected chi connectivity index (χ0v) is 16.4. The summed E-state index contributed by atoms with van der Waals surface area (Å²) >= 11 is 12.3. The Balaban J connectivity index is 0.00000261. The standard InChI is InChI=1S/C18H17Cl2N3O3.ClH/c19-10-6-12(20)17-13(7-10)22-15(18(25)26)8-14(17)23-16(24)5-9-1-3-11(21)4-2-9;/h1-4,6-7,14-15,22H,5,8,21H2,(H,23,24)(H,25,26);1H/t14-,15+;/m0./s1. The van der Waals surface area contributed by atoms with Crippen LogP contribution in [0.25, 0.3) is 0 Å². The number of hydrogen-bond acceptors (Lipinski definition) is 4. The molecule has 0 spiro atoms. The third-order valence-corrected chi connectivity index (χ3v) is 4.75. The molecule has 2 atom stereocenters. The first-order valence-electron chi connectivity index (χ1n) is 7.95. The van der Waals surface area contributed by atoms with Crippen molar-refractivity contribution in [1.82, 2.24) is 5.32 Å². The number of halogens is 3. The molecule has 5 N–H and O–H groups in total. The van der Waals surface area contributed by atoms with E-state index < -0.39 is 18.1 Å². The number of rotatable bonds is 4. The summed E-state index contributed by atoms with van der Waals surface area (Å²) in [4.78, 5) is 23.9. The van der Waals surface area contributed by atoms with E-state index >= 15 is 0 Å². The monoisotopic (exact) mass is 429 g/mol. The fraction of sp³-hybridized carbons (Fsp3) is 0.222. The van der Waals surface area contributed by atoms with Crippen LogP contribution < -0.4 is 16.4 Å². The minimum atomic E-state index is -1.01. The van der Waals surface area contributed by atoms with Gasteiger partial charge in [0.25, 0.3) is 0 Å². The Morgan fingerprint density at radius 2 is 1.89 bits per heavy atom. The third kappa shape index (κ3) is 4.97. The van der Waals surface area contributed by atoms with E-state index in [9.17, 15) is 14.7 Å². The SMILES string of the molecule is Cl.Nc1ccc(CC(=O)N[C@H]2C[C@H](C(=O)O)Nc3cc(Cl)cc(Cl)c32)cc1. The highest BCUT2D eigenvalue weighted by Crippen LogP contribution is 2.39. The summed E-state index contributed by atoms with van der Waals surface area (Å²) in [7, 11) is 0. The Labute approximate surface area is 172 Å². The Morgan fingerprint density at radius 3 is 2.52 bits per heavy atom. The average Bonchev–Trinajstić information content (AvgIpc) is 2.55. The van der Waals surface area contributed by atoms with Gasteiger partial charge < -0.3 is 21.5 Å². The van der Waals surface area contributed by atoms with Crippen LogP contribution in [0.4, 0.5) is 11.4 Å². The molecule has 6 nitrogen and oxygen atoms in total. The smallest absolute Gasteiger partial charge is 0.326 e. The van der Waals surface area contributed by atoms with Gasteiger partial charge in [-0.25, -0.2) is 4.79 Å². The molecule has 1 amide bonds. The molecule has 144 valence electrons. The molecular formula is C18H18Cl3N3O3. The maximum atomic E-state index is 12.5. The Bertz CT molecular complexity index is 859. The number of nitrogen functional groups attached to an aromatic ring is 1. The molecule has 1 aliphatic rings. The van der Waals surface area contributed by atoms with Crippen LogP contribution in [0.2, 0.25) is 10.0 Å². The summed E-state index contributed by atoms with van der Waals surface area (Å²) in [6.45, 7) is 0. The second kappa shape index (κ2) is 8.69. The van der Waals surface area contributed by atoms with Crippen molar-refractivity contribution in [2.75, 3.05) is 11.1 Å². The van der Waals surface area contributed by atoms with E-state index in [0.717, 1.165) is 5.56 Å². The molecule has 2 aromatic rings. The van der Waals surface area contributed by atoms with Crippen LogP contribution in [0, 0.1) is 0 Å². The number of carbonyl (C=O) groups excluding carboxylic acids is 1. The van der Waals surface area contributed by atoms with Gasteiger partial charge in [0.05, 0.1) is 12.5 Å². The predicted molar refractivity (Wildman–Crippen MR) is 109 cm³/mol. The Morgan fingerprint density at radius 1 is 1.22 bits per heavy atom. The van der Waals surface area contributed by atoms with Crippen molar-refractivity contribution >= 4 is 58.9 Å². The van der Waals surface area contributed by atoms with E-state index in [1.807, 2.05) is 0 Å². The predicted octanol–water partition coefficient (Wildman–Crippen LogP) is 3.67. The molecule has 3 rings (SSSR count). The maximum Gasteiger partial charge on any atom is 0.326 e. The molecule has 0 aliphatic carbocycles. The lowest BCUT2D eigenvalue weighted by atomic mass is 9.92. The van der Waals surface area contributed by atoms with E-state index in [1.54, 1.807) is 36.4 Å². The summed E-state index contributed by atoms with van der Waals surface area (Å²) in [5, 5.41) is 15.9. The van der Waals surface area contributed by atoms with Crippen molar-refractivity contribution in [2.24, 2.45) is 0 Å². The highest BCUT2D eigenvalue weighted by atomic mass is 35.5. The number of benzene rings is 2. The average molecular weight is 431 g/mol. The first-order chi connectivity index (χ1) is 12.3. The van der Waals surface area contributed by atoms with Gasteiger partial charge in [0.15, 0.2) is 0 Å². The molecule has 1 aliphatic heterocycles. The third-order valence-electron chi connectivity index (χ3n) is 4.22. The molecule has 0 fully saturated rings. The molecule has 1 heterocycles. The number of aliphatic carboxylic acids is 1. The summed E-state index contributed by atoms with van der Waals surface area (Å²) < 4.78 is 0. The van der Waals surface area contributed by atoms with E-state index in [4.69, 9.17) is 28.9 Å². The molecule has 0 radical (unpaired) electrons. The molecule has 0 saturated heterocycles. The number of carbonyl (C=O) groups is 2.